The minimum Gasteiger partial charge on any atom is -0.457 e. The van der Waals surface area contributed by atoms with Crippen LogP contribution in [-0.2, 0) is 19.6 Å². The van der Waals surface area contributed by atoms with E-state index in [2.05, 4.69) is 0 Å². The fourth-order valence-electron chi connectivity index (χ4n) is 3.39. The Labute approximate surface area is 197 Å². The van der Waals surface area contributed by atoms with Crippen LogP contribution in [0.25, 0.3) is 0 Å². The Balaban J connectivity index is 1.79. The summed E-state index contributed by atoms with van der Waals surface area (Å²) in [5.74, 6) is -0.201. The number of ether oxygens (including phenoxy) is 1. The number of nitrogens with zero attached hydrogens (tertiary/aromatic N) is 3. The standard InChI is InChI=1S/C21H25ClN4O6S/c1-24(2)14-20(27)25-11-12-26(19(13-25)21(28)23-29)33(30,31)18-9-7-17(8-10-18)32-16-5-3-15(22)4-6-16/h3-10,19,29H,11-14H2,1-2H3,(H,23,28)/t19-/m1/s1. The van der Waals surface area contributed by atoms with Crippen molar-refractivity contribution in [1.29, 1.82) is 0 Å². The zero-order valence-corrected chi connectivity index (χ0v) is 19.7. The molecule has 1 atom stereocenters. The van der Waals surface area contributed by atoms with Crippen LogP contribution in [0, 0.1) is 0 Å². The van der Waals surface area contributed by atoms with Crippen LogP contribution in [0.3, 0.4) is 0 Å². The van der Waals surface area contributed by atoms with Crippen LogP contribution in [0.15, 0.2) is 53.4 Å². The Morgan fingerprint density at radius 1 is 1.09 bits per heavy atom. The van der Waals surface area contributed by atoms with Gasteiger partial charge in [0.15, 0.2) is 0 Å². The lowest BCUT2D eigenvalue weighted by Gasteiger charge is -2.39. The Kier molecular flexibility index (Phi) is 7.92. The molecule has 0 saturated carbocycles. The van der Waals surface area contributed by atoms with Crippen molar-refractivity contribution >= 4 is 33.4 Å². The first kappa shape index (κ1) is 24.9. The van der Waals surface area contributed by atoms with Gasteiger partial charge in [0.25, 0.3) is 5.91 Å². The highest BCUT2D eigenvalue weighted by atomic mass is 35.5. The number of piperazine rings is 1. The molecular formula is C21H25ClN4O6S. The van der Waals surface area contributed by atoms with Gasteiger partial charge in [-0.25, -0.2) is 13.9 Å². The predicted molar refractivity (Wildman–Crippen MR) is 121 cm³/mol. The molecule has 12 heteroatoms. The normalized spacial score (nSPS) is 17.1. The third-order valence-electron chi connectivity index (χ3n) is 5.03. The fourth-order valence-corrected chi connectivity index (χ4v) is 5.09. The maximum absolute atomic E-state index is 13.3. The molecule has 0 aliphatic carbocycles. The number of nitrogens with one attached hydrogen (secondary N) is 1. The first-order valence-corrected chi connectivity index (χ1v) is 11.9. The van der Waals surface area contributed by atoms with Crippen molar-refractivity contribution in [1.82, 2.24) is 19.6 Å². The minimum atomic E-state index is -4.09. The topological polar surface area (TPSA) is 119 Å². The molecule has 0 spiro atoms. The third-order valence-corrected chi connectivity index (χ3v) is 7.20. The van der Waals surface area contributed by atoms with E-state index in [0.29, 0.717) is 16.5 Å². The molecule has 1 heterocycles. The summed E-state index contributed by atoms with van der Waals surface area (Å²) in [4.78, 5) is 27.7. The van der Waals surface area contributed by atoms with E-state index in [4.69, 9.17) is 21.5 Å². The van der Waals surface area contributed by atoms with Crippen molar-refractivity contribution in [2.75, 3.05) is 40.3 Å². The van der Waals surface area contributed by atoms with Gasteiger partial charge >= 0.3 is 0 Å². The number of hydroxylamine groups is 1. The molecule has 0 unspecified atom stereocenters. The van der Waals surface area contributed by atoms with Crippen molar-refractivity contribution in [2.24, 2.45) is 0 Å². The Morgan fingerprint density at radius 3 is 2.21 bits per heavy atom. The van der Waals surface area contributed by atoms with Crippen LogP contribution in [0.2, 0.25) is 5.02 Å². The van der Waals surface area contributed by atoms with Gasteiger partial charge in [-0.05, 0) is 62.6 Å². The zero-order valence-electron chi connectivity index (χ0n) is 18.1. The Morgan fingerprint density at radius 2 is 1.67 bits per heavy atom. The first-order valence-electron chi connectivity index (χ1n) is 10.0. The van der Waals surface area contributed by atoms with E-state index in [1.165, 1.54) is 34.6 Å². The number of hydrogen-bond acceptors (Lipinski definition) is 7. The lowest BCUT2D eigenvalue weighted by atomic mass is 10.2. The van der Waals surface area contributed by atoms with Gasteiger partial charge < -0.3 is 14.5 Å². The van der Waals surface area contributed by atoms with E-state index in [1.54, 1.807) is 43.3 Å². The van der Waals surface area contributed by atoms with E-state index in [0.717, 1.165) is 4.31 Å². The number of rotatable bonds is 7. The summed E-state index contributed by atoms with van der Waals surface area (Å²) in [6, 6.07) is 11.2. The van der Waals surface area contributed by atoms with Crippen molar-refractivity contribution < 1.29 is 28.0 Å². The molecule has 10 nitrogen and oxygen atoms in total. The van der Waals surface area contributed by atoms with E-state index in [9.17, 15) is 18.0 Å². The highest BCUT2D eigenvalue weighted by molar-refractivity contribution is 7.89. The van der Waals surface area contributed by atoms with E-state index < -0.39 is 22.0 Å². The zero-order chi connectivity index (χ0) is 24.2. The monoisotopic (exact) mass is 496 g/mol. The van der Waals surface area contributed by atoms with Crippen LogP contribution in [0.1, 0.15) is 0 Å². The van der Waals surface area contributed by atoms with Crippen molar-refractivity contribution in [3.63, 3.8) is 0 Å². The molecule has 1 aliphatic heterocycles. The van der Waals surface area contributed by atoms with Gasteiger partial charge in [0, 0.05) is 24.7 Å². The second-order valence-corrected chi connectivity index (χ2v) is 10.0. The first-order chi connectivity index (χ1) is 15.6. The summed E-state index contributed by atoms with van der Waals surface area (Å²) in [5.41, 5.74) is 1.51. The number of amides is 2. The summed E-state index contributed by atoms with van der Waals surface area (Å²) in [7, 11) is -0.628. The lowest BCUT2D eigenvalue weighted by molar-refractivity contribution is -0.140. The van der Waals surface area contributed by atoms with E-state index >= 15 is 0 Å². The number of sulfonamides is 1. The number of carbonyl (C=O) groups is 2. The molecule has 0 aromatic heterocycles. The molecule has 2 aromatic rings. The minimum absolute atomic E-state index is 0.0465. The van der Waals surface area contributed by atoms with Crippen molar-refractivity contribution in [3.8, 4) is 11.5 Å². The molecular weight excluding hydrogens is 472 g/mol. The number of hydrogen-bond donors (Lipinski definition) is 2. The quantitative estimate of drug-likeness (QED) is 0.439. The number of benzene rings is 2. The lowest BCUT2D eigenvalue weighted by Crippen LogP contribution is -2.61. The Bertz CT molecular complexity index is 1090. The van der Waals surface area contributed by atoms with Crippen LogP contribution in [-0.4, -0.2) is 85.9 Å². The number of halogens is 1. The molecule has 178 valence electrons. The van der Waals surface area contributed by atoms with Gasteiger partial charge in [0.1, 0.15) is 17.5 Å². The molecule has 2 N–H and O–H groups in total. The summed E-state index contributed by atoms with van der Waals surface area (Å²) in [6.07, 6.45) is 0. The van der Waals surface area contributed by atoms with Gasteiger partial charge in [0.05, 0.1) is 11.4 Å². The summed E-state index contributed by atoms with van der Waals surface area (Å²) in [6.45, 7) is -0.0210. The molecule has 33 heavy (non-hydrogen) atoms. The van der Waals surface area contributed by atoms with E-state index in [1.807, 2.05) is 0 Å². The number of likely N-dealkylation sites (N-methyl/N-ethyl adjacent to an activating group) is 1. The fraction of sp³-hybridized carbons (Fsp3) is 0.333. The summed E-state index contributed by atoms with van der Waals surface area (Å²) < 4.78 is 33.2. The smallest absolute Gasteiger partial charge is 0.263 e. The molecule has 0 bridgehead atoms. The highest BCUT2D eigenvalue weighted by Gasteiger charge is 2.41. The SMILES string of the molecule is CN(C)CC(=O)N1CCN(S(=O)(=O)c2ccc(Oc3ccc(Cl)cc3)cc2)[C@@H](C(=O)NO)C1. The van der Waals surface area contributed by atoms with Gasteiger partial charge in [-0.15, -0.1) is 0 Å². The maximum atomic E-state index is 13.3. The van der Waals surface area contributed by atoms with Gasteiger partial charge in [0.2, 0.25) is 15.9 Å². The molecule has 2 amide bonds. The summed E-state index contributed by atoms with van der Waals surface area (Å²) >= 11 is 5.86. The van der Waals surface area contributed by atoms with Crippen LogP contribution in [0.5, 0.6) is 11.5 Å². The molecule has 1 fully saturated rings. The van der Waals surface area contributed by atoms with E-state index in [-0.39, 0.29) is 37.0 Å². The summed E-state index contributed by atoms with van der Waals surface area (Å²) in [5, 5.41) is 9.71. The van der Waals surface area contributed by atoms with Crippen LogP contribution in [0.4, 0.5) is 0 Å². The van der Waals surface area contributed by atoms with Crippen LogP contribution < -0.4 is 10.2 Å². The molecule has 3 rings (SSSR count). The second kappa shape index (κ2) is 10.5. The van der Waals surface area contributed by atoms with Crippen LogP contribution >= 0.6 is 11.6 Å². The molecule has 1 aliphatic rings. The molecule has 0 radical (unpaired) electrons. The second-order valence-electron chi connectivity index (χ2n) is 7.71. The van der Waals surface area contributed by atoms with Crippen molar-refractivity contribution in [3.05, 3.63) is 53.6 Å². The third kappa shape index (κ3) is 6.01. The average Bonchev–Trinajstić information content (AvgIpc) is 2.79. The predicted octanol–water partition coefficient (Wildman–Crippen LogP) is 1.40. The average molecular weight is 497 g/mol. The molecule has 2 aromatic carbocycles. The maximum Gasteiger partial charge on any atom is 0.263 e. The van der Waals surface area contributed by atoms with Gasteiger partial charge in [-0.2, -0.15) is 4.31 Å². The Hall–Kier alpha value is -2.70. The van der Waals surface area contributed by atoms with Crippen molar-refractivity contribution in [2.45, 2.75) is 10.9 Å². The molecule has 1 saturated heterocycles. The van der Waals surface area contributed by atoms with Gasteiger partial charge in [-0.1, -0.05) is 11.6 Å². The highest BCUT2D eigenvalue weighted by Crippen LogP contribution is 2.27. The number of carbonyl (C=O) groups excluding carboxylic acids is 2. The van der Waals surface area contributed by atoms with Gasteiger partial charge in [-0.3, -0.25) is 14.8 Å². The largest absolute Gasteiger partial charge is 0.457 e.